The average molecular weight is 279 g/mol. The van der Waals surface area contributed by atoms with E-state index < -0.39 is 6.09 Å². The monoisotopic (exact) mass is 279 g/mol. The molecule has 5 heteroatoms. The first-order chi connectivity index (χ1) is 9.65. The Hall–Kier alpha value is -1.75. The van der Waals surface area contributed by atoms with Crippen LogP contribution in [-0.2, 0) is 0 Å². The lowest BCUT2D eigenvalue weighted by molar-refractivity contribution is 0.126. The number of rotatable bonds is 3. The quantitative estimate of drug-likeness (QED) is 0.889. The molecule has 2 unspecified atom stereocenters. The molecule has 0 aliphatic carbocycles. The summed E-state index contributed by atoms with van der Waals surface area (Å²) in [6, 6.07) is 7.82. The molecule has 0 bridgehead atoms. The fourth-order valence-corrected chi connectivity index (χ4v) is 2.89. The number of nitrogens with zero attached hydrogens (tertiary/aromatic N) is 1. The zero-order valence-electron chi connectivity index (χ0n) is 11.7. The van der Waals surface area contributed by atoms with Crippen LogP contribution in [-0.4, -0.2) is 48.0 Å². The summed E-state index contributed by atoms with van der Waals surface area (Å²) in [5.41, 5.74) is 1.14. The van der Waals surface area contributed by atoms with Gasteiger partial charge in [-0.25, -0.2) is 4.79 Å². The fourth-order valence-electron chi connectivity index (χ4n) is 2.89. The SMILES string of the molecule is COc1ccc(C2CCCN(C(=O)O)CC2CO)cc1. The fraction of sp³-hybridized carbons (Fsp3) is 0.533. The van der Waals surface area contributed by atoms with Gasteiger partial charge in [0.1, 0.15) is 5.75 Å². The number of methoxy groups -OCH3 is 1. The van der Waals surface area contributed by atoms with E-state index in [2.05, 4.69) is 0 Å². The van der Waals surface area contributed by atoms with Gasteiger partial charge in [-0.1, -0.05) is 12.1 Å². The van der Waals surface area contributed by atoms with E-state index >= 15 is 0 Å². The van der Waals surface area contributed by atoms with E-state index in [9.17, 15) is 9.90 Å². The van der Waals surface area contributed by atoms with Crippen LogP contribution in [0.5, 0.6) is 5.75 Å². The van der Waals surface area contributed by atoms with Crippen molar-refractivity contribution in [2.45, 2.75) is 18.8 Å². The molecule has 0 spiro atoms. The molecule has 20 heavy (non-hydrogen) atoms. The van der Waals surface area contributed by atoms with E-state index in [1.54, 1.807) is 7.11 Å². The first kappa shape index (κ1) is 14.7. The number of carbonyl (C=O) groups is 1. The third-order valence-electron chi connectivity index (χ3n) is 4.02. The molecular formula is C15H21NO4. The lowest BCUT2D eigenvalue weighted by atomic mass is 9.84. The lowest BCUT2D eigenvalue weighted by Gasteiger charge is -2.26. The van der Waals surface area contributed by atoms with Crippen molar-refractivity contribution in [3.63, 3.8) is 0 Å². The molecule has 0 radical (unpaired) electrons. The van der Waals surface area contributed by atoms with Crippen molar-refractivity contribution in [1.82, 2.24) is 4.90 Å². The van der Waals surface area contributed by atoms with Gasteiger partial charge < -0.3 is 19.8 Å². The van der Waals surface area contributed by atoms with Crippen LogP contribution >= 0.6 is 0 Å². The molecule has 1 aliphatic rings. The Labute approximate surface area is 118 Å². The number of aliphatic hydroxyl groups excluding tert-OH is 1. The van der Waals surface area contributed by atoms with Crippen molar-refractivity contribution < 1.29 is 19.7 Å². The van der Waals surface area contributed by atoms with Gasteiger partial charge in [-0.2, -0.15) is 0 Å². The Morgan fingerprint density at radius 2 is 2.10 bits per heavy atom. The smallest absolute Gasteiger partial charge is 0.407 e. The van der Waals surface area contributed by atoms with Crippen molar-refractivity contribution >= 4 is 6.09 Å². The second kappa shape index (κ2) is 6.61. The Morgan fingerprint density at radius 3 is 2.65 bits per heavy atom. The second-order valence-corrected chi connectivity index (χ2v) is 5.19. The number of carboxylic acid groups (broad SMARTS) is 1. The molecule has 1 fully saturated rings. The molecule has 2 atom stereocenters. The van der Waals surface area contributed by atoms with Crippen molar-refractivity contribution in [2.75, 3.05) is 26.8 Å². The molecule has 1 aromatic rings. The number of ether oxygens (including phenoxy) is 1. The molecule has 2 rings (SSSR count). The van der Waals surface area contributed by atoms with Crippen molar-refractivity contribution in [1.29, 1.82) is 0 Å². The molecule has 5 nitrogen and oxygen atoms in total. The standard InChI is InChI=1S/C15H21NO4/c1-20-13-6-4-11(5-7-13)14-3-2-8-16(15(18)19)9-12(14)10-17/h4-7,12,14,17H,2-3,8-10H2,1H3,(H,18,19). The zero-order valence-corrected chi connectivity index (χ0v) is 11.7. The maximum absolute atomic E-state index is 11.1. The molecule has 1 aromatic carbocycles. The maximum atomic E-state index is 11.1. The van der Waals surface area contributed by atoms with Gasteiger partial charge in [-0.05, 0) is 36.5 Å². The summed E-state index contributed by atoms with van der Waals surface area (Å²) in [6.07, 6.45) is 0.805. The van der Waals surface area contributed by atoms with E-state index in [1.807, 2.05) is 24.3 Å². The third kappa shape index (κ3) is 3.22. The molecule has 110 valence electrons. The number of likely N-dealkylation sites (tertiary alicyclic amines) is 1. The highest BCUT2D eigenvalue weighted by Gasteiger charge is 2.29. The first-order valence-corrected chi connectivity index (χ1v) is 6.88. The van der Waals surface area contributed by atoms with E-state index in [0.29, 0.717) is 13.1 Å². The Kier molecular flexibility index (Phi) is 4.84. The highest BCUT2D eigenvalue weighted by Crippen LogP contribution is 2.33. The highest BCUT2D eigenvalue weighted by molar-refractivity contribution is 5.65. The van der Waals surface area contributed by atoms with Gasteiger partial charge >= 0.3 is 6.09 Å². The summed E-state index contributed by atoms with van der Waals surface area (Å²) in [5.74, 6) is 0.937. The number of hydrogen-bond acceptors (Lipinski definition) is 3. The summed E-state index contributed by atoms with van der Waals surface area (Å²) >= 11 is 0. The van der Waals surface area contributed by atoms with Gasteiger partial charge in [0.2, 0.25) is 0 Å². The number of amides is 1. The minimum Gasteiger partial charge on any atom is -0.497 e. The van der Waals surface area contributed by atoms with Crippen LogP contribution in [0.1, 0.15) is 24.3 Å². The van der Waals surface area contributed by atoms with Gasteiger partial charge in [-0.15, -0.1) is 0 Å². The predicted octanol–water partition coefficient (Wildman–Crippen LogP) is 2.16. The number of hydrogen-bond donors (Lipinski definition) is 2. The normalized spacial score (nSPS) is 23.2. The summed E-state index contributed by atoms with van der Waals surface area (Å²) in [6.45, 7) is 0.932. The molecule has 1 saturated heterocycles. The molecule has 1 aliphatic heterocycles. The van der Waals surface area contributed by atoms with Crippen molar-refractivity contribution in [3.05, 3.63) is 29.8 Å². The molecule has 1 amide bonds. The van der Waals surface area contributed by atoms with Gasteiger partial charge in [0.15, 0.2) is 0 Å². The number of aliphatic hydroxyl groups is 1. The largest absolute Gasteiger partial charge is 0.497 e. The van der Waals surface area contributed by atoms with Gasteiger partial charge in [0.25, 0.3) is 0 Å². The average Bonchev–Trinajstić information content (AvgIpc) is 2.69. The molecule has 2 N–H and O–H groups in total. The summed E-state index contributed by atoms with van der Waals surface area (Å²) in [4.78, 5) is 12.5. The molecule has 1 heterocycles. The minimum atomic E-state index is -0.904. The van der Waals surface area contributed by atoms with Gasteiger partial charge in [-0.3, -0.25) is 0 Å². The molecular weight excluding hydrogens is 258 g/mol. The van der Waals surface area contributed by atoms with Crippen LogP contribution in [0.2, 0.25) is 0 Å². The third-order valence-corrected chi connectivity index (χ3v) is 4.02. The van der Waals surface area contributed by atoms with Crippen LogP contribution in [0.15, 0.2) is 24.3 Å². The Bertz CT molecular complexity index is 446. The van der Waals surface area contributed by atoms with Crippen LogP contribution in [0.4, 0.5) is 4.79 Å². The van der Waals surface area contributed by atoms with Gasteiger partial charge in [0.05, 0.1) is 7.11 Å². The predicted molar refractivity (Wildman–Crippen MR) is 75.1 cm³/mol. The van der Waals surface area contributed by atoms with E-state index in [1.165, 1.54) is 4.90 Å². The highest BCUT2D eigenvalue weighted by atomic mass is 16.5. The number of benzene rings is 1. The minimum absolute atomic E-state index is 0.000472. The summed E-state index contributed by atoms with van der Waals surface area (Å²) in [5, 5.41) is 18.7. The zero-order chi connectivity index (χ0) is 14.5. The maximum Gasteiger partial charge on any atom is 0.407 e. The summed E-state index contributed by atoms with van der Waals surface area (Å²) < 4.78 is 5.15. The van der Waals surface area contributed by atoms with Crippen LogP contribution in [0.25, 0.3) is 0 Å². The Balaban J connectivity index is 2.17. The van der Waals surface area contributed by atoms with E-state index in [0.717, 1.165) is 24.2 Å². The second-order valence-electron chi connectivity index (χ2n) is 5.19. The van der Waals surface area contributed by atoms with Crippen LogP contribution in [0, 0.1) is 5.92 Å². The van der Waals surface area contributed by atoms with Crippen molar-refractivity contribution in [3.8, 4) is 5.75 Å². The van der Waals surface area contributed by atoms with E-state index in [-0.39, 0.29) is 18.4 Å². The molecule has 0 saturated carbocycles. The van der Waals surface area contributed by atoms with Crippen LogP contribution < -0.4 is 4.74 Å². The first-order valence-electron chi connectivity index (χ1n) is 6.88. The van der Waals surface area contributed by atoms with Gasteiger partial charge in [0, 0.05) is 25.6 Å². The van der Waals surface area contributed by atoms with E-state index in [4.69, 9.17) is 9.84 Å². The van der Waals surface area contributed by atoms with Crippen molar-refractivity contribution in [2.24, 2.45) is 5.92 Å². The van der Waals surface area contributed by atoms with Crippen LogP contribution in [0.3, 0.4) is 0 Å². The lowest BCUT2D eigenvalue weighted by Crippen LogP contribution is -2.35. The topological polar surface area (TPSA) is 70.0 Å². The summed E-state index contributed by atoms with van der Waals surface area (Å²) in [7, 11) is 1.63. The Morgan fingerprint density at radius 1 is 1.40 bits per heavy atom. The molecule has 0 aromatic heterocycles.